The molecular weight excluding hydrogens is 130 g/mol. The first kappa shape index (κ1) is 7.98. The van der Waals surface area contributed by atoms with Crippen molar-refractivity contribution >= 4 is 0 Å². The van der Waals surface area contributed by atoms with Crippen LogP contribution in [0, 0.1) is 0 Å². The Morgan fingerprint density at radius 2 is 2.50 bits per heavy atom. The highest BCUT2D eigenvalue weighted by Gasteiger charge is 2.20. The molecule has 1 aliphatic heterocycles. The van der Waals surface area contributed by atoms with Crippen LogP contribution >= 0.6 is 0 Å². The van der Waals surface area contributed by atoms with Gasteiger partial charge in [-0.05, 0) is 6.42 Å². The summed E-state index contributed by atoms with van der Waals surface area (Å²) in [4.78, 5) is 2.15. The minimum absolute atomic E-state index is 0.0104. The smallest absolute Gasteiger partial charge is 0.0949 e. The van der Waals surface area contributed by atoms with Gasteiger partial charge in [-0.3, -0.25) is 4.90 Å². The number of hydrogen-bond acceptors (Lipinski definition) is 2. The van der Waals surface area contributed by atoms with Gasteiger partial charge in [0.2, 0.25) is 0 Å². The van der Waals surface area contributed by atoms with Crippen LogP contribution < -0.4 is 0 Å². The van der Waals surface area contributed by atoms with E-state index in [1.165, 1.54) is 0 Å². The lowest BCUT2D eigenvalue weighted by Crippen LogP contribution is -2.25. The monoisotopic (exact) mass is 144 g/mol. The van der Waals surface area contributed by atoms with E-state index in [0.29, 0.717) is 12.6 Å². The summed E-state index contributed by atoms with van der Waals surface area (Å²) in [5.41, 5.74) is 0. The highest BCUT2D eigenvalue weighted by molar-refractivity contribution is 4.74. The van der Waals surface area contributed by atoms with Crippen LogP contribution in [0.25, 0.3) is 0 Å². The summed E-state index contributed by atoms with van der Waals surface area (Å²) >= 11 is 0. The van der Waals surface area contributed by atoms with Crippen molar-refractivity contribution in [2.75, 3.05) is 33.4 Å². The fourth-order valence-electron chi connectivity index (χ4n) is 1.32. The Hall–Kier alpha value is -0.120. The average Bonchev–Trinajstić information content (AvgIpc) is 2.37. The van der Waals surface area contributed by atoms with E-state index in [9.17, 15) is 5.11 Å². The average molecular weight is 144 g/mol. The molecule has 0 aromatic carbocycles. The first-order chi connectivity index (χ1) is 4.86. The lowest BCUT2D eigenvalue weighted by Gasteiger charge is -2.12. The van der Waals surface area contributed by atoms with Crippen LogP contribution in [0.15, 0.2) is 0 Å². The quantitative estimate of drug-likeness (QED) is 0.564. The number of methoxy groups -OCH3 is 1. The molecule has 1 unspecified atom stereocenters. The maximum absolute atomic E-state index is 10.2. The molecule has 0 saturated carbocycles. The number of hydrogen-bond donors (Lipinski definition) is 0. The summed E-state index contributed by atoms with van der Waals surface area (Å²) in [6, 6.07) is 0. The summed E-state index contributed by atoms with van der Waals surface area (Å²) < 4.78 is 5.14. The second-order valence-electron chi connectivity index (χ2n) is 2.65. The molecule has 1 rings (SSSR count). The normalized spacial score (nSPS) is 27.6. The highest BCUT2D eigenvalue weighted by Crippen LogP contribution is 2.10. The molecule has 0 aromatic rings. The predicted octanol–water partition coefficient (Wildman–Crippen LogP) is 0.138. The minimum atomic E-state index is 0.0104. The van der Waals surface area contributed by atoms with E-state index in [2.05, 4.69) is 4.90 Å². The maximum Gasteiger partial charge on any atom is 0.0949 e. The second-order valence-corrected chi connectivity index (χ2v) is 2.65. The van der Waals surface area contributed by atoms with E-state index >= 15 is 0 Å². The zero-order valence-electron chi connectivity index (χ0n) is 6.38. The molecule has 0 spiro atoms. The molecular formula is C7H14NO2. The third kappa shape index (κ3) is 1.94. The molecule has 0 aromatic heterocycles. The second kappa shape index (κ2) is 3.91. The molecule has 1 fully saturated rings. The maximum atomic E-state index is 10.2. The third-order valence-electron chi connectivity index (χ3n) is 1.97. The molecule has 3 nitrogen and oxygen atoms in total. The fraction of sp³-hybridized carbons (Fsp3) is 1.00. The Balaban J connectivity index is 2.15. The minimum Gasteiger partial charge on any atom is -0.380 e. The van der Waals surface area contributed by atoms with E-state index in [0.717, 1.165) is 19.5 Å². The topological polar surface area (TPSA) is 32.4 Å². The molecule has 0 N–H and O–H groups in total. The molecule has 0 amide bonds. The van der Waals surface area contributed by atoms with Crippen LogP contribution in [-0.2, 0) is 9.84 Å². The molecule has 1 heterocycles. The van der Waals surface area contributed by atoms with Crippen LogP contribution in [0.2, 0.25) is 0 Å². The fourth-order valence-corrected chi connectivity index (χ4v) is 1.32. The Kier molecular flexibility index (Phi) is 3.12. The Bertz CT molecular complexity index is 97.6. The number of nitrogens with zero attached hydrogens (tertiary/aromatic N) is 1. The first-order valence-corrected chi connectivity index (χ1v) is 3.70. The number of rotatable bonds is 3. The molecule has 0 bridgehead atoms. The van der Waals surface area contributed by atoms with Gasteiger partial charge in [0.25, 0.3) is 0 Å². The zero-order chi connectivity index (χ0) is 7.40. The van der Waals surface area contributed by atoms with Crippen LogP contribution in [0.4, 0.5) is 0 Å². The largest absolute Gasteiger partial charge is 0.380 e. The van der Waals surface area contributed by atoms with Gasteiger partial charge in [0, 0.05) is 26.7 Å². The van der Waals surface area contributed by atoms with Crippen LogP contribution in [0.3, 0.4) is 0 Å². The van der Waals surface area contributed by atoms with Crippen molar-refractivity contribution in [1.29, 1.82) is 0 Å². The molecule has 1 saturated heterocycles. The van der Waals surface area contributed by atoms with E-state index in [4.69, 9.17) is 4.74 Å². The molecule has 3 heteroatoms. The molecule has 1 radical (unpaired) electrons. The van der Waals surface area contributed by atoms with Gasteiger partial charge in [0.1, 0.15) is 0 Å². The number of ether oxygens (including phenoxy) is 1. The van der Waals surface area contributed by atoms with Crippen molar-refractivity contribution in [3.8, 4) is 0 Å². The molecule has 10 heavy (non-hydrogen) atoms. The van der Waals surface area contributed by atoms with E-state index < -0.39 is 0 Å². The molecule has 59 valence electrons. The van der Waals surface area contributed by atoms with Crippen molar-refractivity contribution in [1.82, 2.24) is 4.90 Å². The van der Waals surface area contributed by atoms with Gasteiger partial charge in [-0.25, -0.2) is 5.11 Å². The first-order valence-electron chi connectivity index (χ1n) is 3.70. The van der Waals surface area contributed by atoms with Crippen molar-refractivity contribution < 1.29 is 9.84 Å². The summed E-state index contributed by atoms with van der Waals surface area (Å²) in [6.07, 6.45) is 1.45. The van der Waals surface area contributed by atoms with Gasteiger partial charge in [-0.15, -0.1) is 0 Å². The van der Waals surface area contributed by atoms with Gasteiger partial charge in [-0.1, -0.05) is 0 Å². The van der Waals surface area contributed by atoms with Crippen molar-refractivity contribution in [3.05, 3.63) is 0 Å². The standard InChI is InChI=1S/C7H14NO2/c1-10-7-2-3-8(6-7)4-5-9/h7H,2-6H2,1H3. The van der Waals surface area contributed by atoms with Crippen LogP contribution in [0.1, 0.15) is 6.42 Å². The Morgan fingerprint density at radius 1 is 1.70 bits per heavy atom. The Labute approximate surface area is 61.6 Å². The molecule has 1 atom stereocenters. The SMILES string of the molecule is COC1CCN(CC[O])C1. The Morgan fingerprint density at radius 3 is 3.00 bits per heavy atom. The van der Waals surface area contributed by atoms with Crippen LogP contribution in [0.5, 0.6) is 0 Å². The third-order valence-corrected chi connectivity index (χ3v) is 1.97. The predicted molar refractivity (Wildman–Crippen MR) is 37.4 cm³/mol. The van der Waals surface area contributed by atoms with Crippen LogP contribution in [-0.4, -0.2) is 44.4 Å². The van der Waals surface area contributed by atoms with Gasteiger partial charge in [0.15, 0.2) is 0 Å². The lowest BCUT2D eigenvalue weighted by molar-refractivity contribution is 0.0992. The van der Waals surface area contributed by atoms with Crippen molar-refractivity contribution in [2.24, 2.45) is 0 Å². The molecule has 0 aliphatic carbocycles. The highest BCUT2D eigenvalue weighted by atomic mass is 16.5. The van der Waals surface area contributed by atoms with Gasteiger partial charge in [0.05, 0.1) is 12.7 Å². The number of likely N-dealkylation sites (tertiary alicyclic amines) is 1. The zero-order valence-corrected chi connectivity index (χ0v) is 6.38. The summed E-state index contributed by atoms with van der Waals surface area (Å²) in [5.74, 6) is 0. The van der Waals surface area contributed by atoms with E-state index in [1.807, 2.05) is 0 Å². The van der Waals surface area contributed by atoms with Gasteiger partial charge >= 0.3 is 0 Å². The van der Waals surface area contributed by atoms with E-state index in [1.54, 1.807) is 7.11 Å². The van der Waals surface area contributed by atoms with Gasteiger partial charge < -0.3 is 4.74 Å². The summed E-state index contributed by atoms with van der Waals surface area (Å²) in [6.45, 7) is 2.66. The van der Waals surface area contributed by atoms with Crippen molar-refractivity contribution in [2.45, 2.75) is 12.5 Å². The summed E-state index contributed by atoms with van der Waals surface area (Å²) in [7, 11) is 1.73. The van der Waals surface area contributed by atoms with E-state index in [-0.39, 0.29) is 6.61 Å². The molecule has 1 aliphatic rings. The summed E-state index contributed by atoms with van der Waals surface area (Å²) in [5, 5.41) is 10.2. The van der Waals surface area contributed by atoms with Gasteiger partial charge in [-0.2, -0.15) is 0 Å². The lowest BCUT2D eigenvalue weighted by atomic mass is 10.3. The van der Waals surface area contributed by atoms with Crippen molar-refractivity contribution in [3.63, 3.8) is 0 Å².